The maximum atomic E-state index is 13.0. The molecule has 0 saturated heterocycles. The third-order valence-corrected chi connectivity index (χ3v) is 4.09. The van der Waals surface area contributed by atoms with E-state index in [0.29, 0.717) is 5.56 Å². The summed E-state index contributed by atoms with van der Waals surface area (Å²) < 4.78 is 23.7. The van der Waals surface area contributed by atoms with E-state index in [1.807, 2.05) is 32.0 Å². The number of rotatable bonds is 5. The summed E-state index contributed by atoms with van der Waals surface area (Å²) in [6.07, 6.45) is -0.716. The van der Waals surface area contributed by atoms with E-state index in [1.54, 1.807) is 12.1 Å². The van der Waals surface area contributed by atoms with Crippen LogP contribution in [0, 0.1) is 5.82 Å². The molecule has 3 atom stereocenters. The predicted molar refractivity (Wildman–Crippen MR) is 84.9 cm³/mol. The van der Waals surface area contributed by atoms with Crippen molar-refractivity contribution in [3.8, 4) is 11.5 Å². The molecule has 1 heterocycles. The van der Waals surface area contributed by atoms with E-state index in [0.717, 1.165) is 17.1 Å². The third kappa shape index (κ3) is 3.46. The number of fused-ring (bicyclic) bond motifs is 1. The highest BCUT2D eigenvalue weighted by Gasteiger charge is 2.20. The van der Waals surface area contributed by atoms with Crippen LogP contribution in [0.4, 0.5) is 4.39 Å². The van der Waals surface area contributed by atoms with Gasteiger partial charge in [0.1, 0.15) is 5.82 Å². The second-order valence-corrected chi connectivity index (χ2v) is 5.79. The summed E-state index contributed by atoms with van der Waals surface area (Å²) in [6.45, 7) is 4.17. The lowest BCUT2D eigenvalue weighted by Gasteiger charge is -2.25. The topological polar surface area (TPSA) is 50.7 Å². The zero-order chi connectivity index (χ0) is 16.4. The fourth-order valence-electron chi connectivity index (χ4n) is 2.71. The lowest BCUT2D eigenvalue weighted by atomic mass is 10.0. The number of hydrogen-bond acceptors (Lipinski definition) is 4. The molecule has 3 unspecified atom stereocenters. The molecule has 0 aliphatic carbocycles. The maximum absolute atomic E-state index is 13.0. The Kier molecular flexibility index (Phi) is 4.50. The highest BCUT2D eigenvalue weighted by Crippen LogP contribution is 2.34. The van der Waals surface area contributed by atoms with Crippen LogP contribution in [0.3, 0.4) is 0 Å². The quantitative estimate of drug-likeness (QED) is 0.888. The van der Waals surface area contributed by atoms with Gasteiger partial charge in [0.2, 0.25) is 6.79 Å². The Bertz CT molecular complexity index is 674. The van der Waals surface area contributed by atoms with Gasteiger partial charge in [0.25, 0.3) is 0 Å². The minimum Gasteiger partial charge on any atom is -0.454 e. The molecule has 3 rings (SSSR count). The van der Waals surface area contributed by atoms with Gasteiger partial charge in [-0.05, 0) is 49.2 Å². The van der Waals surface area contributed by atoms with Crippen LogP contribution < -0.4 is 14.8 Å². The molecule has 23 heavy (non-hydrogen) atoms. The molecule has 1 aliphatic heterocycles. The fraction of sp³-hybridized carbons (Fsp3) is 0.333. The molecule has 0 bridgehead atoms. The smallest absolute Gasteiger partial charge is 0.231 e. The van der Waals surface area contributed by atoms with Crippen LogP contribution in [0.15, 0.2) is 42.5 Å². The average Bonchev–Trinajstić information content (AvgIpc) is 3.02. The van der Waals surface area contributed by atoms with Gasteiger partial charge in [0.05, 0.1) is 6.10 Å². The van der Waals surface area contributed by atoms with E-state index in [4.69, 9.17) is 9.47 Å². The lowest BCUT2D eigenvalue weighted by molar-refractivity contribution is 0.130. The summed E-state index contributed by atoms with van der Waals surface area (Å²) in [6, 6.07) is 11.5. The Morgan fingerprint density at radius 3 is 2.39 bits per heavy atom. The Morgan fingerprint density at radius 1 is 1.00 bits per heavy atom. The van der Waals surface area contributed by atoms with Crippen molar-refractivity contribution in [3.05, 3.63) is 59.4 Å². The SMILES string of the molecule is CC(NC(C)C(O)c1ccc(F)cc1)c1ccc2c(c1)OCO2. The minimum atomic E-state index is -0.716. The molecular formula is C18H20FNO3. The molecule has 0 radical (unpaired) electrons. The van der Waals surface area contributed by atoms with Crippen LogP contribution in [0.2, 0.25) is 0 Å². The first-order valence-corrected chi connectivity index (χ1v) is 7.63. The van der Waals surface area contributed by atoms with Gasteiger partial charge in [-0.3, -0.25) is 0 Å². The van der Waals surface area contributed by atoms with E-state index in [2.05, 4.69) is 5.32 Å². The zero-order valence-corrected chi connectivity index (χ0v) is 13.1. The van der Waals surface area contributed by atoms with Crippen molar-refractivity contribution in [2.45, 2.75) is 32.0 Å². The standard InChI is InChI=1S/C18H20FNO3/c1-11(14-5-8-16-17(9-14)23-10-22-16)20-12(2)18(21)13-3-6-15(19)7-4-13/h3-9,11-12,18,20-21H,10H2,1-2H3. The molecule has 1 aliphatic rings. The van der Waals surface area contributed by atoms with Crippen molar-refractivity contribution >= 4 is 0 Å². The number of aliphatic hydroxyl groups excluding tert-OH is 1. The van der Waals surface area contributed by atoms with Gasteiger partial charge in [0, 0.05) is 12.1 Å². The van der Waals surface area contributed by atoms with E-state index < -0.39 is 6.10 Å². The van der Waals surface area contributed by atoms with Crippen LogP contribution in [-0.2, 0) is 0 Å². The monoisotopic (exact) mass is 317 g/mol. The van der Waals surface area contributed by atoms with Crippen LogP contribution >= 0.6 is 0 Å². The van der Waals surface area contributed by atoms with E-state index in [-0.39, 0.29) is 24.7 Å². The molecule has 122 valence electrons. The molecule has 4 nitrogen and oxygen atoms in total. The Hall–Kier alpha value is -2.11. The predicted octanol–water partition coefficient (Wildman–Crippen LogP) is 3.33. The van der Waals surface area contributed by atoms with Gasteiger partial charge in [-0.1, -0.05) is 18.2 Å². The van der Waals surface area contributed by atoms with E-state index >= 15 is 0 Å². The van der Waals surface area contributed by atoms with Gasteiger partial charge >= 0.3 is 0 Å². The van der Waals surface area contributed by atoms with Gasteiger partial charge in [-0.2, -0.15) is 0 Å². The second-order valence-electron chi connectivity index (χ2n) is 5.79. The number of halogens is 1. The first-order valence-electron chi connectivity index (χ1n) is 7.63. The highest BCUT2D eigenvalue weighted by atomic mass is 19.1. The van der Waals surface area contributed by atoms with Gasteiger partial charge in [-0.25, -0.2) is 4.39 Å². The summed E-state index contributed by atoms with van der Waals surface area (Å²) in [4.78, 5) is 0. The van der Waals surface area contributed by atoms with Crippen LogP contribution in [0.25, 0.3) is 0 Å². The molecule has 0 saturated carbocycles. The maximum Gasteiger partial charge on any atom is 0.231 e. The number of nitrogens with one attached hydrogen (secondary N) is 1. The van der Waals surface area contributed by atoms with Crippen molar-refractivity contribution in [1.29, 1.82) is 0 Å². The highest BCUT2D eigenvalue weighted by molar-refractivity contribution is 5.45. The number of benzene rings is 2. The number of ether oxygens (including phenoxy) is 2. The molecule has 2 aromatic carbocycles. The Balaban J connectivity index is 1.66. The summed E-state index contributed by atoms with van der Waals surface area (Å²) >= 11 is 0. The molecule has 0 aromatic heterocycles. The molecule has 2 N–H and O–H groups in total. The van der Waals surface area contributed by atoms with Crippen molar-refractivity contribution < 1.29 is 19.0 Å². The average molecular weight is 317 g/mol. The first-order chi connectivity index (χ1) is 11.0. The zero-order valence-electron chi connectivity index (χ0n) is 13.1. The molecule has 2 aromatic rings. The summed E-state index contributed by atoms with van der Waals surface area (Å²) in [7, 11) is 0. The lowest BCUT2D eigenvalue weighted by Crippen LogP contribution is -2.34. The van der Waals surface area contributed by atoms with Gasteiger partial charge < -0.3 is 19.9 Å². The Labute approximate surface area is 134 Å². The fourth-order valence-corrected chi connectivity index (χ4v) is 2.71. The summed E-state index contributed by atoms with van der Waals surface area (Å²) in [5.41, 5.74) is 1.73. The van der Waals surface area contributed by atoms with Crippen molar-refractivity contribution in [1.82, 2.24) is 5.32 Å². The van der Waals surface area contributed by atoms with Crippen LogP contribution in [0.5, 0.6) is 11.5 Å². The molecular weight excluding hydrogens is 297 g/mol. The van der Waals surface area contributed by atoms with Gasteiger partial charge in [-0.15, -0.1) is 0 Å². The number of hydrogen-bond donors (Lipinski definition) is 2. The molecule has 0 spiro atoms. The number of aliphatic hydroxyl groups is 1. The van der Waals surface area contributed by atoms with Crippen LogP contribution in [-0.4, -0.2) is 17.9 Å². The second kappa shape index (κ2) is 6.56. The molecule has 5 heteroatoms. The van der Waals surface area contributed by atoms with Crippen molar-refractivity contribution in [3.63, 3.8) is 0 Å². The summed E-state index contributed by atoms with van der Waals surface area (Å²) in [5.74, 6) is 1.18. The normalized spacial score (nSPS) is 16.9. The minimum absolute atomic E-state index is 0.0228. The molecule has 0 amide bonds. The van der Waals surface area contributed by atoms with E-state index in [1.165, 1.54) is 12.1 Å². The molecule has 0 fully saturated rings. The first kappa shape index (κ1) is 15.8. The summed E-state index contributed by atoms with van der Waals surface area (Å²) in [5, 5.41) is 13.8. The Morgan fingerprint density at radius 2 is 1.65 bits per heavy atom. The van der Waals surface area contributed by atoms with Crippen LogP contribution in [0.1, 0.15) is 37.1 Å². The van der Waals surface area contributed by atoms with Crippen molar-refractivity contribution in [2.75, 3.05) is 6.79 Å². The van der Waals surface area contributed by atoms with E-state index in [9.17, 15) is 9.50 Å². The largest absolute Gasteiger partial charge is 0.454 e. The van der Waals surface area contributed by atoms with Gasteiger partial charge in [0.15, 0.2) is 11.5 Å². The third-order valence-electron chi connectivity index (χ3n) is 4.09. The van der Waals surface area contributed by atoms with Crippen molar-refractivity contribution in [2.24, 2.45) is 0 Å².